The summed E-state index contributed by atoms with van der Waals surface area (Å²) >= 11 is 6.68. The lowest BCUT2D eigenvalue weighted by molar-refractivity contribution is -0.138. The number of benzene rings is 5. The molecule has 1 aromatic heterocycles. The van der Waals surface area contributed by atoms with Crippen molar-refractivity contribution in [2.75, 3.05) is 6.54 Å². The molecule has 0 aliphatic heterocycles. The van der Waals surface area contributed by atoms with E-state index in [4.69, 9.17) is 16.3 Å². The summed E-state index contributed by atoms with van der Waals surface area (Å²) in [5.74, 6) is -0.638. The van der Waals surface area contributed by atoms with Crippen LogP contribution >= 0.6 is 11.6 Å². The third-order valence-electron chi connectivity index (χ3n) is 8.77. The van der Waals surface area contributed by atoms with Gasteiger partial charge in [0, 0.05) is 12.6 Å². The molecular formula is C39H34ClN3O3. The number of nitrogens with zero attached hydrogens (tertiary/aromatic N) is 2. The molecule has 0 spiro atoms. The number of hydrogen-bond acceptors (Lipinski definition) is 4. The number of esters is 1. The molecule has 7 rings (SSSR count). The van der Waals surface area contributed by atoms with Gasteiger partial charge in [0.05, 0.1) is 33.2 Å². The number of imidazole rings is 1. The number of aromatic nitrogens is 2. The SMILES string of the molecule is C[C@@H](CNC(c1ccccc1)(c1ccccc1)c1ccccc1)C(=O)Oc1ccccc1-n1c(=O)n(C2CC2)c2cccc(Cl)c21. The Bertz CT molecular complexity index is 1950. The number of fused-ring (bicyclic) bond motifs is 1. The van der Waals surface area contributed by atoms with Crippen LogP contribution in [0.4, 0.5) is 0 Å². The Hall–Kier alpha value is -4.91. The van der Waals surface area contributed by atoms with Crippen molar-refractivity contribution in [3.63, 3.8) is 0 Å². The van der Waals surface area contributed by atoms with E-state index in [2.05, 4.69) is 41.7 Å². The second kappa shape index (κ2) is 12.5. The average Bonchev–Trinajstić information content (AvgIpc) is 3.89. The van der Waals surface area contributed by atoms with Crippen LogP contribution in [0.5, 0.6) is 5.75 Å². The maximum Gasteiger partial charge on any atom is 0.334 e. The summed E-state index contributed by atoms with van der Waals surface area (Å²) in [5, 5.41) is 4.25. The largest absolute Gasteiger partial charge is 0.424 e. The second-order valence-corrected chi connectivity index (χ2v) is 12.3. The molecule has 0 saturated heterocycles. The lowest BCUT2D eigenvalue weighted by Gasteiger charge is -2.37. The normalized spacial score (nSPS) is 13.9. The van der Waals surface area contributed by atoms with Crippen LogP contribution < -0.4 is 15.7 Å². The number of carbonyl (C=O) groups excluding carboxylic acids is 1. The third-order valence-corrected chi connectivity index (χ3v) is 9.08. The van der Waals surface area contributed by atoms with Gasteiger partial charge in [0.15, 0.2) is 5.75 Å². The molecular weight excluding hydrogens is 594 g/mol. The first kappa shape index (κ1) is 29.8. The molecule has 5 aromatic carbocycles. The van der Waals surface area contributed by atoms with E-state index in [1.807, 2.05) is 84.3 Å². The quantitative estimate of drug-likeness (QED) is 0.0952. The van der Waals surface area contributed by atoms with Gasteiger partial charge in [0.25, 0.3) is 0 Å². The number of para-hydroxylation sites is 3. The van der Waals surface area contributed by atoms with E-state index in [0.29, 0.717) is 28.5 Å². The number of ether oxygens (including phenoxy) is 1. The van der Waals surface area contributed by atoms with E-state index in [9.17, 15) is 9.59 Å². The predicted octanol–water partition coefficient (Wildman–Crippen LogP) is 7.90. The Balaban J connectivity index is 1.22. The van der Waals surface area contributed by atoms with Crippen molar-refractivity contribution in [1.82, 2.24) is 14.5 Å². The number of halogens is 1. The zero-order valence-electron chi connectivity index (χ0n) is 25.5. The minimum Gasteiger partial charge on any atom is -0.424 e. The molecule has 6 nitrogen and oxygen atoms in total. The molecule has 1 heterocycles. The van der Waals surface area contributed by atoms with E-state index in [-0.39, 0.29) is 11.7 Å². The van der Waals surface area contributed by atoms with Crippen LogP contribution in [0.2, 0.25) is 5.02 Å². The first-order valence-electron chi connectivity index (χ1n) is 15.6. The van der Waals surface area contributed by atoms with Gasteiger partial charge in [-0.15, -0.1) is 0 Å². The monoisotopic (exact) mass is 627 g/mol. The van der Waals surface area contributed by atoms with Crippen molar-refractivity contribution in [2.24, 2.45) is 5.92 Å². The summed E-state index contributed by atoms with van der Waals surface area (Å²) in [6.45, 7) is 2.18. The lowest BCUT2D eigenvalue weighted by Crippen LogP contribution is -2.47. The topological polar surface area (TPSA) is 65.3 Å². The van der Waals surface area contributed by atoms with Crippen molar-refractivity contribution in [1.29, 1.82) is 0 Å². The lowest BCUT2D eigenvalue weighted by atomic mass is 9.76. The molecule has 1 atom stereocenters. The Morgan fingerprint density at radius 2 is 1.35 bits per heavy atom. The Kier molecular flexibility index (Phi) is 8.07. The Morgan fingerprint density at radius 1 is 0.804 bits per heavy atom. The first-order valence-corrected chi connectivity index (χ1v) is 16.0. The van der Waals surface area contributed by atoms with Crippen LogP contribution in [0.1, 0.15) is 42.5 Å². The van der Waals surface area contributed by atoms with E-state index < -0.39 is 17.4 Å². The molecule has 1 aliphatic carbocycles. The summed E-state index contributed by atoms with van der Waals surface area (Å²) in [7, 11) is 0. The highest BCUT2D eigenvalue weighted by atomic mass is 35.5. The van der Waals surface area contributed by atoms with Gasteiger partial charge in [-0.1, -0.05) is 128 Å². The average molecular weight is 628 g/mol. The molecule has 0 bridgehead atoms. The molecule has 1 N–H and O–H groups in total. The van der Waals surface area contributed by atoms with Gasteiger partial charge in [-0.05, 0) is 53.8 Å². The van der Waals surface area contributed by atoms with Gasteiger partial charge in [-0.3, -0.25) is 19.2 Å². The summed E-state index contributed by atoms with van der Waals surface area (Å²) in [4.78, 5) is 27.6. The van der Waals surface area contributed by atoms with Crippen molar-refractivity contribution < 1.29 is 9.53 Å². The Morgan fingerprint density at radius 3 is 1.91 bits per heavy atom. The number of carbonyl (C=O) groups is 1. The predicted molar refractivity (Wildman–Crippen MR) is 183 cm³/mol. The van der Waals surface area contributed by atoms with Crippen LogP contribution in [-0.4, -0.2) is 21.6 Å². The third kappa shape index (κ3) is 5.34. The van der Waals surface area contributed by atoms with Crippen molar-refractivity contribution in [3.05, 3.63) is 166 Å². The summed E-state index contributed by atoms with van der Waals surface area (Å²) in [6.07, 6.45) is 1.90. The van der Waals surface area contributed by atoms with Crippen LogP contribution in [0, 0.1) is 5.92 Å². The van der Waals surface area contributed by atoms with Crippen LogP contribution in [0.25, 0.3) is 16.7 Å². The van der Waals surface area contributed by atoms with Gasteiger partial charge in [0.2, 0.25) is 0 Å². The molecule has 46 heavy (non-hydrogen) atoms. The number of hydrogen-bond donors (Lipinski definition) is 1. The fraction of sp³-hybridized carbons (Fsp3) is 0.179. The molecule has 0 amide bonds. The van der Waals surface area contributed by atoms with Crippen molar-refractivity contribution in [2.45, 2.75) is 31.3 Å². The van der Waals surface area contributed by atoms with Gasteiger partial charge >= 0.3 is 11.7 Å². The molecule has 1 fully saturated rings. The fourth-order valence-corrected chi connectivity index (χ4v) is 6.59. The number of nitrogens with one attached hydrogen (secondary N) is 1. The summed E-state index contributed by atoms with van der Waals surface area (Å²) in [6, 6.07) is 43.6. The first-order chi connectivity index (χ1) is 22.5. The van der Waals surface area contributed by atoms with E-state index in [0.717, 1.165) is 35.0 Å². The minimum atomic E-state index is -0.717. The standard InChI is InChI=1S/C39H34ClN3O3/c1-27(26-41-39(28-14-5-2-6-15-28,29-16-7-3-8-17-29)30-18-9-4-10-19-30)37(44)46-35-23-12-11-21-33(35)43-36-32(40)20-13-22-34(36)42(38(43)45)31-24-25-31/h2-23,27,31,41H,24-26H2,1H3/t27-/m0/s1. The maximum atomic E-state index is 13.8. The zero-order chi connectivity index (χ0) is 31.7. The van der Waals surface area contributed by atoms with E-state index >= 15 is 0 Å². The molecule has 1 aliphatic rings. The van der Waals surface area contributed by atoms with Gasteiger partial charge in [-0.2, -0.15) is 0 Å². The van der Waals surface area contributed by atoms with E-state index in [1.54, 1.807) is 28.8 Å². The van der Waals surface area contributed by atoms with Crippen LogP contribution in [0.15, 0.2) is 138 Å². The van der Waals surface area contributed by atoms with Crippen molar-refractivity contribution >= 4 is 28.6 Å². The van der Waals surface area contributed by atoms with Crippen molar-refractivity contribution in [3.8, 4) is 11.4 Å². The molecule has 7 heteroatoms. The summed E-state index contributed by atoms with van der Waals surface area (Å²) in [5.41, 5.74) is 4.12. The molecule has 0 unspecified atom stereocenters. The van der Waals surface area contributed by atoms with Gasteiger partial charge < -0.3 is 4.74 Å². The Labute approximate surface area is 272 Å². The van der Waals surface area contributed by atoms with Crippen LogP contribution in [0.3, 0.4) is 0 Å². The van der Waals surface area contributed by atoms with Gasteiger partial charge in [0.1, 0.15) is 0 Å². The molecule has 6 aromatic rings. The highest BCUT2D eigenvalue weighted by Gasteiger charge is 2.37. The number of rotatable bonds is 10. The minimum absolute atomic E-state index is 0.148. The molecule has 1 saturated carbocycles. The molecule has 230 valence electrons. The highest BCUT2D eigenvalue weighted by Crippen LogP contribution is 2.39. The summed E-state index contributed by atoms with van der Waals surface area (Å²) < 4.78 is 9.47. The smallest absolute Gasteiger partial charge is 0.334 e. The fourth-order valence-electron chi connectivity index (χ4n) is 6.33. The van der Waals surface area contributed by atoms with Gasteiger partial charge in [-0.25, -0.2) is 4.79 Å². The molecule has 0 radical (unpaired) electrons. The van der Waals surface area contributed by atoms with Crippen LogP contribution in [-0.2, 0) is 10.3 Å². The zero-order valence-corrected chi connectivity index (χ0v) is 26.2. The highest BCUT2D eigenvalue weighted by molar-refractivity contribution is 6.35. The maximum absolute atomic E-state index is 13.8. The van der Waals surface area contributed by atoms with E-state index in [1.165, 1.54) is 0 Å². The second-order valence-electron chi connectivity index (χ2n) is 11.8.